The van der Waals surface area contributed by atoms with Gasteiger partial charge >= 0.3 is 5.97 Å². The summed E-state index contributed by atoms with van der Waals surface area (Å²) in [6.07, 6.45) is 0.873. The summed E-state index contributed by atoms with van der Waals surface area (Å²) >= 11 is 0. The molecule has 0 radical (unpaired) electrons. The van der Waals surface area contributed by atoms with E-state index in [1.165, 1.54) is 0 Å². The van der Waals surface area contributed by atoms with E-state index in [1.54, 1.807) is 0 Å². The van der Waals surface area contributed by atoms with Gasteiger partial charge in [-0.05, 0) is 25.3 Å². The topological polar surface area (TPSA) is 63.3 Å². The average molecular weight is 194 g/mol. The van der Waals surface area contributed by atoms with Gasteiger partial charge in [-0.1, -0.05) is 30.3 Å². The van der Waals surface area contributed by atoms with Crippen molar-refractivity contribution >= 4 is 5.97 Å². The number of rotatable bonds is 4. The van der Waals surface area contributed by atoms with Crippen LogP contribution in [0.5, 0.6) is 0 Å². The molecule has 0 aliphatic heterocycles. The van der Waals surface area contributed by atoms with Gasteiger partial charge in [-0.2, -0.15) is 0 Å². The van der Waals surface area contributed by atoms with Crippen LogP contribution >= 0.6 is 0 Å². The number of aliphatic carboxylic acids is 1. The molecule has 1 atom stereocenters. The Kier molecular flexibility index (Phi) is 2.79. The summed E-state index contributed by atoms with van der Waals surface area (Å²) in [5.41, 5.74) is 5.22. The Morgan fingerprint density at radius 1 is 1.57 bits per heavy atom. The van der Waals surface area contributed by atoms with Crippen molar-refractivity contribution in [2.24, 2.45) is 5.73 Å². The molecular formula is C11H15NO2. The van der Waals surface area contributed by atoms with E-state index in [-0.39, 0.29) is 13.3 Å². The molecule has 0 saturated carbocycles. The standard InChI is InChI=1S/C11H15NO2/c1-11(12,10(13)14)8-7-9-5-3-2-4-6-9/h2-6H,7-8,12H2,1H3,(H,13,14)/t11-/m0/s1/i1D. The molecule has 14 heavy (non-hydrogen) atoms. The molecule has 1 rings (SSSR count). The van der Waals surface area contributed by atoms with Crippen molar-refractivity contribution in [3.8, 4) is 0 Å². The molecule has 3 N–H and O–H groups in total. The van der Waals surface area contributed by atoms with Gasteiger partial charge in [0.25, 0.3) is 0 Å². The Morgan fingerprint density at radius 2 is 2.21 bits per heavy atom. The van der Waals surface area contributed by atoms with Crippen molar-refractivity contribution in [2.75, 3.05) is 0 Å². The van der Waals surface area contributed by atoms with Crippen LogP contribution in [-0.2, 0) is 11.2 Å². The quantitative estimate of drug-likeness (QED) is 0.762. The number of carboxylic acid groups (broad SMARTS) is 1. The maximum absolute atomic E-state index is 10.8. The van der Waals surface area contributed by atoms with Gasteiger partial charge in [0.2, 0.25) is 0 Å². The van der Waals surface area contributed by atoms with E-state index in [0.717, 1.165) is 5.56 Å². The Bertz CT molecular complexity index is 329. The summed E-state index contributed by atoms with van der Waals surface area (Å²) in [4.78, 5) is 10.8. The fraction of sp³-hybridized carbons (Fsp3) is 0.364. The van der Waals surface area contributed by atoms with E-state index >= 15 is 0 Å². The second-order valence-corrected chi connectivity index (χ2v) is 3.45. The van der Waals surface area contributed by atoms with Crippen molar-refractivity contribution in [3.05, 3.63) is 35.9 Å². The predicted molar refractivity (Wildman–Crippen MR) is 55.0 cm³/mol. The van der Waals surface area contributed by atoms with E-state index in [2.05, 4.69) is 0 Å². The van der Waals surface area contributed by atoms with Crippen LogP contribution in [0.15, 0.2) is 30.3 Å². The van der Waals surface area contributed by atoms with E-state index in [4.69, 9.17) is 12.2 Å². The number of aryl methyl sites for hydroxylation is 1. The lowest BCUT2D eigenvalue weighted by Gasteiger charge is -2.18. The first-order valence-corrected chi connectivity index (χ1v) is 4.44. The van der Waals surface area contributed by atoms with Crippen LogP contribution in [0.1, 0.15) is 20.3 Å². The summed E-state index contributed by atoms with van der Waals surface area (Å²) in [5, 5.41) is 8.87. The molecule has 0 unspecified atom stereocenters. The minimum atomic E-state index is -1.42. The van der Waals surface area contributed by atoms with Gasteiger partial charge in [0, 0.05) is 1.37 Å². The molecule has 3 nitrogen and oxygen atoms in total. The number of nitrogens with two attached hydrogens (primary N) is 1. The fourth-order valence-electron chi connectivity index (χ4n) is 1.12. The van der Waals surface area contributed by atoms with Crippen LogP contribution < -0.4 is 5.73 Å². The van der Waals surface area contributed by atoms with Gasteiger partial charge < -0.3 is 10.8 Å². The molecule has 0 saturated heterocycles. The molecule has 0 aromatic heterocycles. The number of hydrogen-bond acceptors (Lipinski definition) is 2. The number of carbonyl (C=O) groups is 1. The van der Waals surface area contributed by atoms with Gasteiger partial charge in [-0.3, -0.25) is 4.79 Å². The molecule has 0 aliphatic carbocycles. The van der Waals surface area contributed by atoms with Crippen LogP contribution in [-0.4, -0.2) is 16.6 Å². The molecule has 0 amide bonds. The fourth-order valence-corrected chi connectivity index (χ4v) is 1.12. The minimum Gasteiger partial charge on any atom is -0.480 e. The zero-order valence-electron chi connectivity index (χ0n) is 8.94. The van der Waals surface area contributed by atoms with E-state index in [1.807, 2.05) is 30.3 Å². The van der Waals surface area contributed by atoms with E-state index in [9.17, 15) is 4.79 Å². The highest BCUT2D eigenvalue weighted by Gasteiger charge is 2.26. The lowest BCUT2D eigenvalue weighted by Crippen LogP contribution is -2.45. The molecule has 0 bridgehead atoms. The Balaban J connectivity index is 2.59. The number of carboxylic acids is 1. The summed E-state index contributed by atoms with van der Waals surface area (Å²) in [5.74, 6) is -1.10. The third-order valence-corrected chi connectivity index (χ3v) is 2.13. The zero-order chi connectivity index (χ0) is 11.3. The highest BCUT2D eigenvalue weighted by Crippen LogP contribution is 2.11. The molecule has 76 valence electrons. The van der Waals surface area contributed by atoms with Gasteiger partial charge in [0.1, 0.15) is 5.54 Å². The SMILES string of the molecule is [2H]C[C@](N)(CCc1ccccc1)C(=O)O. The van der Waals surface area contributed by atoms with Crippen molar-refractivity contribution in [1.29, 1.82) is 0 Å². The molecule has 0 fully saturated rings. The van der Waals surface area contributed by atoms with Gasteiger partial charge in [0.15, 0.2) is 0 Å². The smallest absolute Gasteiger partial charge is 0.323 e. The second kappa shape index (κ2) is 4.24. The van der Waals surface area contributed by atoms with Gasteiger partial charge in [-0.15, -0.1) is 0 Å². The minimum absolute atomic E-state index is 0.288. The molecule has 0 heterocycles. The van der Waals surface area contributed by atoms with E-state index in [0.29, 0.717) is 6.42 Å². The first kappa shape index (κ1) is 9.21. The average Bonchev–Trinajstić information content (AvgIpc) is 2.27. The summed E-state index contributed by atoms with van der Waals surface area (Å²) in [6, 6.07) is 9.54. The van der Waals surface area contributed by atoms with E-state index < -0.39 is 11.5 Å². The zero-order valence-corrected chi connectivity index (χ0v) is 7.94. The van der Waals surface area contributed by atoms with Crippen molar-refractivity contribution < 1.29 is 11.3 Å². The Labute approximate surface area is 85.0 Å². The summed E-state index contributed by atoms with van der Waals surface area (Å²) < 4.78 is 7.15. The van der Waals surface area contributed by atoms with Crippen molar-refractivity contribution in [3.63, 3.8) is 0 Å². The molecule has 0 aliphatic rings. The third kappa shape index (κ3) is 2.85. The monoisotopic (exact) mass is 194 g/mol. The number of benzene rings is 1. The first-order chi connectivity index (χ1) is 7.08. The maximum Gasteiger partial charge on any atom is 0.323 e. The highest BCUT2D eigenvalue weighted by atomic mass is 16.4. The molecule has 1 aromatic rings. The highest BCUT2D eigenvalue weighted by molar-refractivity contribution is 5.77. The van der Waals surface area contributed by atoms with Crippen LogP contribution in [0.4, 0.5) is 0 Å². The normalized spacial score (nSPS) is 15.6. The predicted octanol–water partition coefficient (Wildman–Crippen LogP) is 1.42. The van der Waals surface area contributed by atoms with Crippen LogP contribution in [0.2, 0.25) is 0 Å². The molecule has 1 aromatic carbocycles. The van der Waals surface area contributed by atoms with Gasteiger partial charge in [-0.25, -0.2) is 0 Å². The van der Waals surface area contributed by atoms with Crippen molar-refractivity contribution in [1.82, 2.24) is 0 Å². The molecular weight excluding hydrogens is 178 g/mol. The number of hydrogen-bond donors (Lipinski definition) is 2. The Hall–Kier alpha value is -1.35. The molecule has 0 spiro atoms. The lowest BCUT2D eigenvalue weighted by atomic mass is 9.95. The summed E-state index contributed by atoms with van der Waals surface area (Å²) in [6.45, 7) is -0.296. The molecule has 3 heteroatoms. The first-order valence-electron chi connectivity index (χ1n) is 5.14. The second-order valence-electron chi connectivity index (χ2n) is 3.45. The maximum atomic E-state index is 10.8. The van der Waals surface area contributed by atoms with Crippen LogP contribution in [0.3, 0.4) is 0 Å². The van der Waals surface area contributed by atoms with Crippen LogP contribution in [0.25, 0.3) is 0 Å². The lowest BCUT2D eigenvalue weighted by molar-refractivity contribution is -0.142. The summed E-state index contributed by atoms with van der Waals surface area (Å²) in [7, 11) is 0. The van der Waals surface area contributed by atoms with Gasteiger partial charge in [0.05, 0.1) is 0 Å². The van der Waals surface area contributed by atoms with Crippen LogP contribution in [0, 0.1) is 0 Å². The van der Waals surface area contributed by atoms with Crippen molar-refractivity contribution in [2.45, 2.75) is 25.3 Å². The third-order valence-electron chi connectivity index (χ3n) is 2.13. The largest absolute Gasteiger partial charge is 0.480 e. The Morgan fingerprint density at radius 3 is 2.71 bits per heavy atom.